The molecule has 0 unspecified atom stereocenters. The van der Waals surface area contributed by atoms with Crippen molar-refractivity contribution >= 4 is 29.4 Å². The van der Waals surface area contributed by atoms with Crippen molar-refractivity contribution in [1.29, 1.82) is 0 Å². The van der Waals surface area contributed by atoms with E-state index in [4.69, 9.17) is 0 Å². The van der Waals surface area contributed by atoms with Crippen LogP contribution in [0, 0.1) is 17.0 Å². The molecule has 3 aromatic rings. The monoisotopic (exact) mass is 402 g/mol. The van der Waals surface area contributed by atoms with Crippen LogP contribution < -0.4 is 10.7 Å². The fourth-order valence-electron chi connectivity index (χ4n) is 2.60. The number of aryl methyl sites for hydroxylation is 1. The van der Waals surface area contributed by atoms with Crippen molar-refractivity contribution in [2.24, 2.45) is 5.10 Å². The number of nitrogens with zero attached hydrogens (tertiary/aromatic N) is 2. The van der Waals surface area contributed by atoms with Crippen LogP contribution in [0.5, 0.6) is 0 Å². The lowest BCUT2D eigenvalue weighted by atomic mass is 10.1. The van der Waals surface area contributed by atoms with Gasteiger partial charge < -0.3 is 5.32 Å². The molecule has 0 aliphatic rings. The fourth-order valence-corrected chi connectivity index (χ4v) is 2.60. The van der Waals surface area contributed by atoms with Gasteiger partial charge >= 0.3 is 0 Å². The maximum atomic E-state index is 12.3. The molecule has 0 radical (unpaired) electrons. The number of nitro benzene ring substituents is 1. The molecule has 30 heavy (non-hydrogen) atoms. The Morgan fingerprint density at radius 2 is 1.67 bits per heavy atom. The lowest BCUT2D eigenvalue weighted by Gasteiger charge is -2.07. The maximum absolute atomic E-state index is 12.3. The Kier molecular flexibility index (Phi) is 6.29. The van der Waals surface area contributed by atoms with Crippen LogP contribution >= 0.6 is 0 Å². The quantitative estimate of drug-likeness (QED) is 0.369. The number of hydrogen-bond acceptors (Lipinski definition) is 5. The molecule has 0 fully saturated rings. The number of hydrazone groups is 1. The SMILES string of the molecule is Cc1ccc(C(=O)Nc2cccc(C(=O)N/N=C\c3cccc([N+](=O)[O-])c3)c2)cc1. The third-order valence-corrected chi connectivity index (χ3v) is 4.16. The van der Waals surface area contributed by atoms with E-state index in [1.54, 1.807) is 36.4 Å². The average Bonchev–Trinajstić information content (AvgIpc) is 2.74. The van der Waals surface area contributed by atoms with Crippen LogP contribution in [-0.2, 0) is 0 Å². The number of non-ortho nitro benzene ring substituents is 1. The summed E-state index contributed by atoms with van der Waals surface area (Å²) in [5.41, 5.74) is 5.10. The van der Waals surface area contributed by atoms with Crippen molar-refractivity contribution in [2.45, 2.75) is 6.92 Å². The van der Waals surface area contributed by atoms with Crippen molar-refractivity contribution in [3.63, 3.8) is 0 Å². The molecule has 3 aromatic carbocycles. The summed E-state index contributed by atoms with van der Waals surface area (Å²) in [6, 6.07) is 19.4. The number of carbonyl (C=O) groups is 2. The van der Waals surface area contributed by atoms with Crippen LogP contribution in [-0.4, -0.2) is 23.0 Å². The highest BCUT2D eigenvalue weighted by Gasteiger charge is 2.09. The minimum atomic E-state index is -0.508. The Morgan fingerprint density at radius 1 is 0.933 bits per heavy atom. The van der Waals surface area contributed by atoms with E-state index in [-0.39, 0.29) is 11.6 Å². The largest absolute Gasteiger partial charge is 0.322 e. The number of benzene rings is 3. The first kappa shape index (κ1) is 20.4. The number of rotatable bonds is 6. The molecule has 0 atom stereocenters. The number of nitro groups is 1. The lowest BCUT2D eigenvalue weighted by molar-refractivity contribution is -0.384. The van der Waals surface area contributed by atoms with E-state index in [1.165, 1.54) is 30.5 Å². The van der Waals surface area contributed by atoms with E-state index < -0.39 is 10.8 Å². The number of amides is 2. The minimum Gasteiger partial charge on any atom is -0.322 e. The first-order valence-corrected chi connectivity index (χ1v) is 8.98. The van der Waals surface area contributed by atoms with E-state index >= 15 is 0 Å². The van der Waals surface area contributed by atoms with Crippen LogP contribution in [0.4, 0.5) is 11.4 Å². The highest BCUT2D eigenvalue weighted by atomic mass is 16.6. The predicted octanol–water partition coefficient (Wildman–Crippen LogP) is 3.92. The second-order valence-corrected chi connectivity index (χ2v) is 6.45. The van der Waals surface area contributed by atoms with Gasteiger partial charge in [-0.2, -0.15) is 5.10 Å². The van der Waals surface area contributed by atoms with E-state index in [0.717, 1.165) is 5.56 Å². The summed E-state index contributed by atoms with van der Waals surface area (Å²) in [5, 5.41) is 17.4. The fraction of sp³-hybridized carbons (Fsp3) is 0.0455. The van der Waals surface area contributed by atoms with Gasteiger partial charge in [-0.3, -0.25) is 19.7 Å². The van der Waals surface area contributed by atoms with Gasteiger partial charge in [0.2, 0.25) is 0 Å². The Balaban J connectivity index is 1.64. The van der Waals surface area contributed by atoms with Crippen LogP contribution in [0.15, 0.2) is 77.9 Å². The van der Waals surface area contributed by atoms with Gasteiger partial charge in [-0.25, -0.2) is 5.43 Å². The Morgan fingerprint density at radius 3 is 2.40 bits per heavy atom. The normalized spacial score (nSPS) is 10.6. The molecule has 3 rings (SSSR count). The first-order valence-electron chi connectivity index (χ1n) is 8.98. The summed E-state index contributed by atoms with van der Waals surface area (Å²) in [6.07, 6.45) is 1.31. The van der Waals surface area contributed by atoms with E-state index in [1.807, 2.05) is 19.1 Å². The third kappa shape index (κ3) is 5.35. The molecule has 0 saturated carbocycles. The van der Waals surface area contributed by atoms with Gasteiger partial charge in [0.25, 0.3) is 17.5 Å². The summed E-state index contributed by atoms with van der Waals surface area (Å²) < 4.78 is 0. The second-order valence-electron chi connectivity index (χ2n) is 6.45. The summed E-state index contributed by atoms with van der Waals surface area (Å²) in [4.78, 5) is 34.9. The minimum absolute atomic E-state index is 0.0673. The van der Waals surface area contributed by atoms with Crippen LogP contribution in [0.3, 0.4) is 0 Å². The molecule has 0 spiro atoms. The van der Waals surface area contributed by atoms with Gasteiger partial charge in [-0.1, -0.05) is 35.9 Å². The van der Waals surface area contributed by atoms with Crippen molar-refractivity contribution in [2.75, 3.05) is 5.32 Å². The zero-order valence-electron chi connectivity index (χ0n) is 16.0. The van der Waals surface area contributed by atoms with Crippen molar-refractivity contribution in [3.8, 4) is 0 Å². The zero-order chi connectivity index (χ0) is 21.5. The van der Waals surface area contributed by atoms with Crippen molar-refractivity contribution < 1.29 is 14.5 Å². The molecule has 0 heterocycles. The van der Waals surface area contributed by atoms with Crippen molar-refractivity contribution in [3.05, 3.63) is 105 Å². The van der Waals surface area contributed by atoms with E-state index in [9.17, 15) is 19.7 Å². The van der Waals surface area contributed by atoms with Gasteiger partial charge in [-0.15, -0.1) is 0 Å². The zero-order valence-corrected chi connectivity index (χ0v) is 16.0. The molecule has 8 nitrogen and oxygen atoms in total. The second kappa shape index (κ2) is 9.24. The topological polar surface area (TPSA) is 114 Å². The molecule has 0 aliphatic heterocycles. The van der Waals surface area contributed by atoms with E-state index in [0.29, 0.717) is 22.4 Å². The van der Waals surface area contributed by atoms with Crippen LogP contribution in [0.25, 0.3) is 0 Å². The third-order valence-electron chi connectivity index (χ3n) is 4.16. The number of anilines is 1. The maximum Gasteiger partial charge on any atom is 0.271 e. The van der Waals surface area contributed by atoms with Crippen LogP contribution in [0.2, 0.25) is 0 Å². The number of hydrogen-bond donors (Lipinski definition) is 2. The molecule has 2 amide bonds. The highest BCUT2D eigenvalue weighted by molar-refractivity contribution is 6.05. The summed E-state index contributed by atoms with van der Waals surface area (Å²) >= 11 is 0. The number of nitrogens with one attached hydrogen (secondary N) is 2. The van der Waals surface area contributed by atoms with Gasteiger partial charge in [-0.05, 0) is 37.3 Å². The van der Waals surface area contributed by atoms with Gasteiger partial charge in [0.05, 0.1) is 11.1 Å². The Labute approximate surface area is 172 Å². The molecule has 0 aliphatic carbocycles. The van der Waals surface area contributed by atoms with Crippen molar-refractivity contribution in [1.82, 2.24) is 5.43 Å². The molecule has 2 N–H and O–H groups in total. The highest BCUT2D eigenvalue weighted by Crippen LogP contribution is 2.14. The van der Waals surface area contributed by atoms with E-state index in [2.05, 4.69) is 15.8 Å². The first-order chi connectivity index (χ1) is 14.4. The predicted molar refractivity (Wildman–Crippen MR) is 114 cm³/mol. The Bertz CT molecular complexity index is 1120. The summed E-state index contributed by atoms with van der Waals surface area (Å²) in [6.45, 7) is 1.94. The molecule has 0 bridgehead atoms. The number of carbonyl (C=O) groups excluding carboxylic acids is 2. The van der Waals surface area contributed by atoms with Gasteiger partial charge in [0, 0.05) is 34.5 Å². The average molecular weight is 402 g/mol. The summed E-state index contributed by atoms with van der Waals surface area (Å²) in [7, 11) is 0. The summed E-state index contributed by atoms with van der Waals surface area (Å²) in [5.74, 6) is -0.764. The standard InChI is InChI=1S/C22H18N4O4/c1-15-8-10-17(11-9-15)21(27)24-19-6-3-5-18(13-19)22(28)25-23-14-16-4-2-7-20(12-16)26(29)30/h2-14H,1H3,(H,24,27)(H,25,28)/b23-14-. The molecule has 0 aromatic heterocycles. The molecule has 0 saturated heterocycles. The van der Waals surface area contributed by atoms with Gasteiger partial charge in [0.1, 0.15) is 0 Å². The molecular weight excluding hydrogens is 384 g/mol. The smallest absolute Gasteiger partial charge is 0.271 e. The van der Waals surface area contributed by atoms with Crippen LogP contribution in [0.1, 0.15) is 31.8 Å². The molecule has 8 heteroatoms. The lowest BCUT2D eigenvalue weighted by Crippen LogP contribution is -2.18. The Hall–Kier alpha value is -4.33. The van der Waals surface area contributed by atoms with Gasteiger partial charge in [0.15, 0.2) is 0 Å². The molecular formula is C22H18N4O4. The molecule has 150 valence electrons.